The number of rotatable bonds is 8. The van der Waals surface area contributed by atoms with E-state index in [1.807, 2.05) is 0 Å². The highest BCUT2D eigenvalue weighted by atomic mass is 16.2. The van der Waals surface area contributed by atoms with Crippen molar-refractivity contribution in [3.63, 3.8) is 0 Å². The number of carbonyl (C=O) groups excluding carboxylic acids is 1. The first-order chi connectivity index (χ1) is 9.10. The molecule has 1 saturated heterocycles. The lowest BCUT2D eigenvalue weighted by atomic mass is 9.76. The molecule has 3 nitrogen and oxygen atoms in total. The molecule has 0 radical (unpaired) electrons. The Labute approximate surface area is 118 Å². The largest absolute Gasteiger partial charge is 0.356 e. The zero-order valence-electron chi connectivity index (χ0n) is 13.1. The van der Waals surface area contributed by atoms with Gasteiger partial charge in [-0.1, -0.05) is 40.0 Å². The minimum Gasteiger partial charge on any atom is -0.356 e. The number of amides is 1. The molecule has 3 heteroatoms. The highest BCUT2D eigenvalue weighted by Gasteiger charge is 2.38. The second-order valence-corrected chi connectivity index (χ2v) is 6.46. The second-order valence-electron chi connectivity index (χ2n) is 6.46. The molecule has 0 aromatic heterocycles. The summed E-state index contributed by atoms with van der Waals surface area (Å²) in [5, 5.41) is 6.57. The summed E-state index contributed by atoms with van der Waals surface area (Å²) in [7, 11) is 0. The zero-order valence-corrected chi connectivity index (χ0v) is 13.1. The fraction of sp³-hybridized carbons (Fsp3) is 0.938. The van der Waals surface area contributed by atoms with Crippen LogP contribution in [0.4, 0.5) is 0 Å². The van der Waals surface area contributed by atoms with Crippen LogP contribution in [0.5, 0.6) is 0 Å². The molecule has 1 aliphatic heterocycles. The van der Waals surface area contributed by atoms with Crippen LogP contribution in [0.25, 0.3) is 0 Å². The van der Waals surface area contributed by atoms with Crippen molar-refractivity contribution in [1.29, 1.82) is 0 Å². The Kier molecular flexibility index (Phi) is 7.44. The van der Waals surface area contributed by atoms with Crippen LogP contribution >= 0.6 is 0 Å². The molecule has 1 rings (SSSR count). The van der Waals surface area contributed by atoms with Gasteiger partial charge in [-0.25, -0.2) is 0 Å². The summed E-state index contributed by atoms with van der Waals surface area (Å²) >= 11 is 0. The fourth-order valence-corrected chi connectivity index (χ4v) is 3.03. The third kappa shape index (κ3) is 5.52. The van der Waals surface area contributed by atoms with E-state index in [2.05, 4.69) is 31.4 Å². The Balaban J connectivity index is 2.32. The predicted molar refractivity (Wildman–Crippen MR) is 81.1 cm³/mol. The molecule has 1 unspecified atom stereocenters. The molecule has 0 bridgehead atoms. The Hall–Kier alpha value is -0.570. The standard InChI is InChI=1S/C16H32N2O/c1-4-9-16(10-7-11-17-13-16)15(19)18-12-6-5-8-14(2)3/h14,17H,4-13H2,1-3H3,(H,18,19). The van der Waals surface area contributed by atoms with E-state index >= 15 is 0 Å². The monoisotopic (exact) mass is 268 g/mol. The lowest BCUT2D eigenvalue weighted by Gasteiger charge is -2.36. The minimum absolute atomic E-state index is 0.134. The summed E-state index contributed by atoms with van der Waals surface area (Å²) in [6.07, 6.45) is 7.86. The van der Waals surface area contributed by atoms with Crippen molar-refractivity contribution in [3.8, 4) is 0 Å². The summed E-state index contributed by atoms with van der Waals surface area (Å²) in [4.78, 5) is 12.5. The summed E-state index contributed by atoms with van der Waals surface area (Å²) in [6, 6.07) is 0. The highest BCUT2D eigenvalue weighted by molar-refractivity contribution is 5.83. The van der Waals surface area contributed by atoms with Crippen LogP contribution in [0.1, 0.15) is 65.7 Å². The van der Waals surface area contributed by atoms with Crippen molar-refractivity contribution in [3.05, 3.63) is 0 Å². The molecular formula is C16H32N2O. The Morgan fingerprint density at radius 3 is 2.74 bits per heavy atom. The van der Waals surface area contributed by atoms with Gasteiger partial charge in [0.05, 0.1) is 5.41 Å². The first kappa shape index (κ1) is 16.5. The molecule has 0 saturated carbocycles. The van der Waals surface area contributed by atoms with Crippen molar-refractivity contribution in [2.45, 2.75) is 65.7 Å². The summed E-state index contributed by atoms with van der Waals surface area (Å²) in [5.41, 5.74) is -0.134. The summed E-state index contributed by atoms with van der Waals surface area (Å²) in [5.74, 6) is 1.05. The van der Waals surface area contributed by atoms with E-state index in [0.29, 0.717) is 0 Å². The third-order valence-corrected chi connectivity index (χ3v) is 4.18. The third-order valence-electron chi connectivity index (χ3n) is 4.18. The van der Waals surface area contributed by atoms with Gasteiger partial charge in [0.2, 0.25) is 5.91 Å². The first-order valence-corrected chi connectivity index (χ1v) is 8.10. The van der Waals surface area contributed by atoms with Crippen LogP contribution < -0.4 is 10.6 Å². The van der Waals surface area contributed by atoms with E-state index in [9.17, 15) is 4.79 Å². The van der Waals surface area contributed by atoms with Gasteiger partial charge in [-0.2, -0.15) is 0 Å². The molecule has 112 valence electrons. The molecule has 2 N–H and O–H groups in total. The number of hydrogen-bond donors (Lipinski definition) is 2. The summed E-state index contributed by atoms with van der Waals surface area (Å²) < 4.78 is 0. The zero-order chi connectivity index (χ0) is 14.1. The molecule has 0 aromatic carbocycles. The number of piperidine rings is 1. The minimum atomic E-state index is -0.134. The van der Waals surface area contributed by atoms with Crippen molar-refractivity contribution in [2.24, 2.45) is 11.3 Å². The van der Waals surface area contributed by atoms with E-state index in [1.54, 1.807) is 0 Å². The van der Waals surface area contributed by atoms with Crippen LogP contribution in [-0.4, -0.2) is 25.5 Å². The molecule has 0 aromatic rings. The maximum atomic E-state index is 12.5. The van der Waals surface area contributed by atoms with E-state index < -0.39 is 0 Å². The van der Waals surface area contributed by atoms with Crippen LogP contribution in [0.15, 0.2) is 0 Å². The average molecular weight is 268 g/mol. The van der Waals surface area contributed by atoms with Crippen molar-refractivity contribution < 1.29 is 4.79 Å². The van der Waals surface area contributed by atoms with Gasteiger partial charge < -0.3 is 10.6 Å². The van der Waals surface area contributed by atoms with Crippen molar-refractivity contribution in [2.75, 3.05) is 19.6 Å². The molecule has 19 heavy (non-hydrogen) atoms. The van der Waals surface area contributed by atoms with Gasteiger partial charge in [0.25, 0.3) is 0 Å². The molecule has 1 aliphatic rings. The molecule has 0 aliphatic carbocycles. The van der Waals surface area contributed by atoms with Gasteiger partial charge in [0, 0.05) is 13.1 Å². The van der Waals surface area contributed by atoms with Crippen LogP contribution in [-0.2, 0) is 4.79 Å². The average Bonchev–Trinajstić information content (AvgIpc) is 2.39. The van der Waals surface area contributed by atoms with Crippen molar-refractivity contribution >= 4 is 5.91 Å². The quantitative estimate of drug-likeness (QED) is 0.664. The van der Waals surface area contributed by atoms with Gasteiger partial charge in [-0.05, 0) is 38.1 Å². The molecular weight excluding hydrogens is 236 g/mol. The second kappa shape index (κ2) is 8.57. The topological polar surface area (TPSA) is 41.1 Å². The van der Waals surface area contributed by atoms with E-state index in [4.69, 9.17) is 0 Å². The first-order valence-electron chi connectivity index (χ1n) is 8.10. The Bertz CT molecular complexity index is 252. The normalized spacial score (nSPS) is 23.6. The van der Waals surface area contributed by atoms with E-state index in [-0.39, 0.29) is 11.3 Å². The predicted octanol–water partition coefficient (Wildman–Crippen LogP) is 3.10. The van der Waals surface area contributed by atoms with Crippen LogP contribution in [0.2, 0.25) is 0 Å². The van der Waals surface area contributed by atoms with Crippen molar-refractivity contribution in [1.82, 2.24) is 10.6 Å². The summed E-state index contributed by atoms with van der Waals surface area (Å²) in [6.45, 7) is 9.44. The number of nitrogens with one attached hydrogen (secondary N) is 2. The number of carbonyl (C=O) groups is 1. The van der Waals surface area contributed by atoms with E-state index in [0.717, 1.165) is 57.7 Å². The lowest BCUT2D eigenvalue weighted by molar-refractivity contribution is -0.132. The Morgan fingerprint density at radius 1 is 1.37 bits per heavy atom. The van der Waals surface area contributed by atoms with Crippen LogP contribution in [0.3, 0.4) is 0 Å². The molecule has 0 spiro atoms. The maximum absolute atomic E-state index is 12.5. The lowest BCUT2D eigenvalue weighted by Crippen LogP contribution is -2.50. The van der Waals surface area contributed by atoms with Gasteiger partial charge in [-0.3, -0.25) is 4.79 Å². The molecule has 1 atom stereocenters. The SMILES string of the molecule is CCCC1(C(=O)NCCCCC(C)C)CCCNC1. The number of hydrogen-bond acceptors (Lipinski definition) is 2. The maximum Gasteiger partial charge on any atom is 0.227 e. The van der Waals surface area contributed by atoms with E-state index in [1.165, 1.54) is 12.8 Å². The molecule has 1 amide bonds. The molecule has 1 heterocycles. The van der Waals surface area contributed by atoms with Crippen LogP contribution in [0, 0.1) is 11.3 Å². The highest BCUT2D eigenvalue weighted by Crippen LogP contribution is 2.31. The molecule has 1 fully saturated rings. The van der Waals surface area contributed by atoms with Gasteiger partial charge >= 0.3 is 0 Å². The fourth-order valence-electron chi connectivity index (χ4n) is 3.03. The van der Waals surface area contributed by atoms with Gasteiger partial charge in [0.1, 0.15) is 0 Å². The Morgan fingerprint density at radius 2 is 2.16 bits per heavy atom. The number of unbranched alkanes of at least 4 members (excludes halogenated alkanes) is 1. The smallest absolute Gasteiger partial charge is 0.227 e. The van der Waals surface area contributed by atoms with Gasteiger partial charge in [-0.15, -0.1) is 0 Å². The van der Waals surface area contributed by atoms with Gasteiger partial charge in [0.15, 0.2) is 0 Å².